The van der Waals surface area contributed by atoms with Crippen molar-refractivity contribution < 1.29 is 14.4 Å². The number of fused-ring (bicyclic) bond motifs is 1. The van der Waals surface area contributed by atoms with Gasteiger partial charge in [-0.15, -0.1) is 0 Å². The zero-order valence-electron chi connectivity index (χ0n) is 14.4. The van der Waals surface area contributed by atoms with E-state index < -0.39 is 0 Å². The minimum atomic E-state index is -0.359. The SMILES string of the molecule is CC(NCC(=O)Nc1ccc2c(c1)C(=O)N(C)C2=O)c1ccccc1Br. The van der Waals surface area contributed by atoms with E-state index in [-0.39, 0.29) is 30.3 Å². The van der Waals surface area contributed by atoms with Gasteiger partial charge in [0.15, 0.2) is 0 Å². The first-order chi connectivity index (χ1) is 12.4. The Kier molecular flexibility index (Phi) is 5.20. The average Bonchev–Trinajstić information content (AvgIpc) is 2.84. The van der Waals surface area contributed by atoms with Gasteiger partial charge in [-0.3, -0.25) is 19.3 Å². The van der Waals surface area contributed by atoms with Crippen molar-refractivity contribution in [3.05, 3.63) is 63.6 Å². The molecule has 3 amide bonds. The van der Waals surface area contributed by atoms with Gasteiger partial charge in [0.25, 0.3) is 11.8 Å². The van der Waals surface area contributed by atoms with Gasteiger partial charge in [0.1, 0.15) is 0 Å². The Labute approximate surface area is 159 Å². The third kappa shape index (κ3) is 3.54. The molecule has 2 aromatic rings. The van der Waals surface area contributed by atoms with Crippen LogP contribution in [0, 0.1) is 0 Å². The predicted molar refractivity (Wildman–Crippen MR) is 102 cm³/mol. The number of benzene rings is 2. The summed E-state index contributed by atoms with van der Waals surface area (Å²) in [7, 11) is 1.44. The molecule has 1 atom stereocenters. The molecule has 0 saturated carbocycles. The van der Waals surface area contributed by atoms with Crippen LogP contribution in [-0.4, -0.2) is 36.2 Å². The summed E-state index contributed by atoms with van der Waals surface area (Å²) in [4.78, 5) is 37.2. The Morgan fingerprint density at radius 3 is 2.54 bits per heavy atom. The zero-order valence-corrected chi connectivity index (χ0v) is 16.0. The van der Waals surface area contributed by atoms with Crippen LogP contribution in [0.3, 0.4) is 0 Å². The molecule has 2 N–H and O–H groups in total. The van der Waals surface area contributed by atoms with Gasteiger partial charge in [0.2, 0.25) is 5.91 Å². The lowest BCUT2D eigenvalue weighted by molar-refractivity contribution is -0.115. The highest BCUT2D eigenvalue weighted by Crippen LogP contribution is 2.25. The number of hydrogen-bond acceptors (Lipinski definition) is 4. The summed E-state index contributed by atoms with van der Waals surface area (Å²) in [6.45, 7) is 2.09. The van der Waals surface area contributed by atoms with Gasteiger partial charge in [-0.1, -0.05) is 34.1 Å². The number of nitrogens with zero attached hydrogens (tertiary/aromatic N) is 1. The van der Waals surface area contributed by atoms with Crippen molar-refractivity contribution in [3.8, 4) is 0 Å². The molecule has 0 saturated heterocycles. The van der Waals surface area contributed by atoms with Crippen LogP contribution < -0.4 is 10.6 Å². The van der Waals surface area contributed by atoms with Gasteiger partial charge in [-0.05, 0) is 36.8 Å². The number of anilines is 1. The lowest BCUT2D eigenvalue weighted by Crippen LogP contribution is -2.30. The van der Waals surface area contributed by atoms with Crippen molar-refractivity contribution in [3.63, 3.8) is 0 Å². The molecule has 0 aliphatic carbocycles. The lowest BCUT2D eigenvalue weighted by atomic mass is 10.1. The summed E-state index contributed by atoms with van der Waals surface area (Å²) in [6, 6.07) is 12.5. The molecule has 2 aromatic carbocycles. The van der Waals surface area contributed by atoms with Gasteiger partial charge in [-0.25, -0.2) is 0 Å². The van der Waals surface area contributed by atoms with Crippen LogP contribution in [0.15, 0.2) is 46.9 Å². The Morgan fingerprint density at radius 1 is 1.12 bits per heavy atom. The molecule has 0 bridgehead atoms. The van der Waals surface area contributed by atoms with Crippen molar-refractivity contribution in [2.75, 3.05) is 18.9 Å². The molecule has 1 aliphatic rings. The standard InChI is InChI=1S/C19H18BrN3O3/c1-11(13-5-3-4-6-16(13)20)21-10-17(24)22-12-7-8-14-15(9-12)19(26)23(2)18(14)25/h3-9,11,21H,10H2,1-2H3,(H,22,24). The normalized spacial score (nSPS) is 14.3. The first-order valence-electron chi connectivity index (χ1n) is 8.12. The summed E-state index contributed by atoms with van der Waals surface area (Å²) in [5.74, 6) is -0.914. The summed E-state index contributed by atoms with van der Waals surface area (Å²) >= 11 is 3.50. The number of carbonyl (C=O) groups excluding carboxylic acids is 3. The van der Waals surface area contributed by atoms with E-state index in [1.807, 2.05) is 31.2 Å². The predicted octanol–water partition coefficient (Wildman–Crippen LogP) is 2.96. The van der Waals surface area contributed by atoms with E-state index in [2.05, 4.69) is 26.6 Å². The molecule has 1 unspecified atom stereocenters. The maximum atomic E-state index is 12.2. The number of nitrogens with one attached hydrogen (secondary N) is 2. The molecule has 0 aromatic heterocycles. The summed E-state index contributed by atoms with van der Waals surface area (Å²) < 4.78 is 0.978. The highest BCUT2D eigenvalue weighted by Gasteiger charge is 2.32. The average molecular weight is 416 g/mol. The van der Waals surface area contributed by atoms with E-state index in [9.17, 15) is 14.4 Å². The second-order valence-electron chi connectivity index (χ2n) is 6.10. The number of halogens is 1. The smallest absolute Gasteiger partial charge is 0.261 e. The van der Waals surface area contributed by atoms with Crippen LogP contribution in [0.2, 0.25) is 0 Å². The van der Waals surface area contributed by atoms with Gasteiger partial charge >= 0.3 is 0 Å². The second-order valence-corrected chi connectivity index (χ2v) is 6.96. The molecule has 26 heavy (non-hydrogen) atoms. The van der Waals surface area contributed by atoms with E-state index in [1.54, 1.807) is 12.1 Å². The summed E-state index contributed by atoms with van der Waals surface area (Å²) in [5, 5.41) is 5.91. The Bertz CT molecular complexity index is 897. The maximum absolute atomic E-state index is 12.2. The number of amides is 3. The molecule has 0 radical (unpaired) electrons. The molecule has 1 heterocycles. The Balaban J connectivity index is 1.62. The number of rotatable bonds is 5. The van der Waals surface area contributed by atoms with Crippen LogP contribution in [0.25, 0.3) is 0 Å². The molecule has 0 spiro atoms. The van der Waals surface area contributed by atoms with Crippen molar-refractivity contribution in [2.24, 2.45) is 0 Å². The molecule has 7 heteroatoms. The number of hydrogen-bond donors (Lipinski definition) is 2. The Morgan fingerprint density at radius 2 is 1.81 bits per heavy atom. The molecular weight excluding hydrogens is 398 g/mol. The lowest BCUT2D eigenvalue weighted by Gasteiger charge is -2.15. The maximum Gasteiger partial charge on any atom is 0.261 e. The van der Waals surface area contributed by atoms with E-state index in [0.717, 1.165) is 14.9 Å². The van der Waals surface area contributed by atoms with Crippen LogP contribution in [0.5, 0.6) is 0 Å². The molecular formula is C19H18BrN3O3. The van der Waals surface area contributed by atoms with E-state index in [0.29, 0.717) is 16.8 Å². The van der Waals surface area contributed by atoms with Crippen molar-refractivity contribution in [1.29, 1.82) is 0 Å². The number of imide groups is 1. The van der Waals surface area contributed by atoms with E-state index in [4.69, 9.17) is 0 Å². The fraction of sp³-hybridized carbons (Fsp3) is 0.211. The fourth-order valence-corrected chi connectivity index (χ4v) is 3.45. The van der Waals surface area contributed by atoms with Gasteiger partial charge in [0.05, 0.1) is 17.7 Å². The van der Waals surface area contributed by atoms with Crippen molar-refractivity contribution in [2.45, 2.75) is 13.0 Å². The van der Waals surface area contributed by atoms with Crippen LogP contribution >= 0.6 is 15.9 Å². The fourth-order valence-electron chi connectivity index (χ4n) is 2.83. The zero-order chi connectivity index (χ0) is 18.8. The molecule has 134 valence electrons. The highest BCUT2D eigenvalue weighted by atomic mass is 79.9. The number of carbonyl (C=O) groups is 3. The quantitative estimate of drug-likeness (QED) is 0.735. The second kappa shape index (κ2) is 7.39. The van der Waals surface area contributed by atoms with Gasteiger partial charge < -0.3 is 10.6 Å². The first-order valence-corrected chi connectivity index (χ1v) is 8.92. The van der Waals surface area contributed by atoms with Crippen molar-refractivity contribution in [1.82, 2.24) is 10.2 Å². The van der Waals surface area contributed by atoms with Crippen LogP contribution in [-0.2, 0) is 4.79 Å². The van der Waals surface area contributed by atoms with Gasteiger partial charge in [-0.2, -0.15) is 0 Å². The first kappa shape index (κ1) is 18.3. The van der Waals surface area contributed by atoms with E-state index in [1.165, 1.54) is 13.1 Å². The molecule has 3 rings (SSSR count). The summed E-state index contributed by atoms with van der Waals surface area (Å²) in [5.41, 5.74) is 2.21. The Hall–Kier alpha value is -2.51. The van der Waals surface area contributed by atoms with E-state index >= 15 is 0 Å². The molecule has 1 aliphatic heterocycles. The third-order valence-corrected chi connectivity index (χ3v) is 5.04. The minimum absolute atomic E-state index is 0.0100. The summed E-state index contributed by atoms with van der Waals surface area (Å²) in [6.07, 6.45) is 0. The van der Waals surface area contributed by atoms with Crippen molar-refractivity contribution >= 4 is 39.3 Å². The van der Waals surface area contributed by atoms with Crippen LogP contribution in [0.4, 0.5) is 5.69 Å². The topological polar surface area (TPSA) is 78.5 Å². The highest BCUT2D eigenvalue weighted by molar-refractivity contribution is 9.10. The third-order valence-electron chi connectivity index (χ3n) is 4.31. The van der Waals surface area contributed by atoms with Crippen LogP contribution in [0.1, 0.15) is 39.2 Å². The minimum Gasteiger partial charge on any atom is -0.325 e. The largest absolute Gasteiger partial charge is 0.325 e. The van der Waals surface area contributed by atoms with Gasteiger partial charge in [0, 0.05) is 23.2 Å². The molecule has 0 fully saturated rings. The monoisotopic (exact) mass is 415 g/mol. The molecule has 6 nitrogen and oxygen atoms in total.